The van der Waals surface area contributed by atoms with Crippen LogP contribution < -0.4 is 16.5 Å². The Morgan fingerprint density at radius 1 is 1.14 bits per heavy atom. The highest BCUT2D eigenvalue weighted by Gasteiger charge is 2.66. The van der Waals surface area contributed by atoms with Crippen LogP contribution in [0.15, 0.2) is 17.3 Å². The van der Waals surface area contributed by atoms with E-state index in [0.29, 0.717) is 28.3 Å². The molecular weight excluding hydrogens is 718 g/mol. The standard InChI is InChI=1S/C25H24ClN9O12S2/c1-24(2,20(42)43)47-31-11(15-29-22(27)49-32-15)16(39)28-12-18(41)33-7-25(21(44)45,48-19(12)33)34-5-6-35(23(34)46)30-17(40)13(37)8-3-4-9(36)14(38)10(8)26/h3-4,12,19,36,38H,5-7H2,1-2H3,(H,28,39)(H,30,40)(H,42,43)(H,44,45)(H2,27,29,32)/b31-11-/t12?,19-,25?/m1/s1. The first-order chi connectivity index (χ1) is 22.9. The van der Waals surface area contributed by atoms with Crippen LogP contribution in [0.4, 0.5) is 9.93 Å². The SMILES string of the molecule is CC(C)(O/N=C(\C(=O)NC1C(=O)N2CC(C(=O)O)(N3CCN(NC(=O)C(=O)c4ccc(O)c(O)c4Cl)C3=O)S[C@H]12)c1nsc(N)n1)C(=O)O. The number of aliphatic carboxylic acids is 2. The monoisotopic (exact) mass is 741 g/mol. The topological polar surface area (TPSA) is 308 Å². The summed E-state index contributed by atoms with van der Waals surface area (Å²) in [6, 6.07) is -0.480. The summed E-state index contributed by atoms with van der Waals surface area (Å²) in [6.45, 7) is 1.25. The Morgan fingerprint density at radius 2 is 1.84 bits per heavy atom. The summed E-state index contributed by atoms with van der Waals surface area (Å²) in [5.74, 6) is -9.21. The van der Waals surface area contributed by atoms with Gasteiger partial charge in [-0.25, -0.2) is 19.4 Å². The number of nitrogens with one attached hydrogen (secondary N) is 2. The van der Waals surface area contributed by atoms with Gasteiger partial charge in [-0.15, -0.1) is 0 Å². The number of ketones is 1. The smallest absolute Gasteiger partial charge is 0.350 e. The van der Waals surface area contributed by atoms with E-state index in [9.17, 15) is 54.0 Å². The van der Waals surface area contributed by atoms with Crippen molar-refractivity contribution in [1.82, 2.24) is 34.9 Å². The summed E-state index contributed by atoms with van der Waals surface area (Å²) in [7, 11) is 0. The average Bonchev–Trinajstić information content (AvgIpc) is 3.74. The number of carbonyl (C=O) groups excluding carboxylic acids is 5. The van der Waals surface area contributed by atoms with E-state index in [1.165, 1.54) is 0 Å². The van der Waals surface area contributed by atoms with Crippen molar-refractivity contribution in [2.24, 2.45) is 5.16 Å². The molecule has 2 unspecified atom stereocenters. The number of amides is 5. The number of β-lactam (4-membered cyclic amide) rings is 1. The number of hydrazine groups is 1. The van der Waals surface area contributed by atoms with Crippen molar-refractivity contribution in [2.45, 2.75) is 35.7 Å². The van der Waals surface area contributed by atoms with Crippen molar-refractivity contribution in [3.05, 3.63) is 28.5 Å². The lowest BCUT2D eigenvalue weighted by Crippen LogP contribution is -2.68. The van der Waals surface area contributed by atoms with E-state index in [2.05, 4.69) is 25.3 Å². The van der Waals surface area contributed by atoms with Crippen molar-refractivity contribution < 1.29 is 58.8 Å². The van der Waals surface area contributed by atoms with Gasteiger partial charge in [-0.1, -0.05) is 28.5 Å². The Morgan fingerprint density at radius 3 is 2.45 bits per heavy atom. The van der Waals surface area contributed by atoms with Gasteiger partial charge in [0.15, 0.2) is 16.6 Å². The van der Waals surface area contributed by atoms with Crippen LogP contribution in [0.2, 0.25) is 5.02 Å². The number of benzene rings is 1. The molecule has 0 saturated carbocycles. The van der Waals surface area contributed by atoms with Gasteiger partial charge in [-0.05, 0) is 26.0 Å². The zero-order chi connectivity index (χ0) is 36.2. The number of phenolic OH excluding ortho intramolecular Hbond substituents is 2. The zero-order valence-electron chi connectivity index (χ0n) is 24.9. The molecule has 0 spiro atoms. The number of carbonyl (C=O) groups is 7. The number of oxime groups is 1. The summed E-state index contributed by atoms with van der Waals surface area (Å²) >= 11 is 7.21. The summed E-state index contributed by atoms with van der Waals surface area (Å²) in [6.07, 6.45) is 0. The first-order valence-electron chi connectivity index (χ1n) is 13.7. The number of aromatic nitrogens is 2. The van der Waals surface area contributed by atoms with Crippen molar-refractivity contribution in [3.8, 4) is 11.5 Å². The van der Waals surface area contributed by atoms with Gasteiger partial charge in [0.25, 0.3) is 11.7 Å². The number of aromatic hydroxyl groups is 2. The molecule has 0 aliphatic carbocycles. The van der Waals surface area contributed by atoms with Crippen LogP contribution in [-0.2, 0) is 28.8 Å². The van der Waals surface area contributed by atoms with Crippen molar-refractivity contribution in [3.63, 3.8) is 0 Å². The lowest BCUT2D eigenvalue weighted by atomic mass is 10.1. The molecule has 49 heavy (non-hydrogen) atoms. The number of hydrogen-bond acceptors (Lipinski definition) is 16. The van der Waals surface area contributed by atoms with Crippen LogP contribution in [0.5, 0.6) is 11.5 Å². The van der Waals surface area contributed by atoms with E-state index in [-0.39, 0.29) is 24.0 Å². The lowest BCUT2D eigenvalue weighted by molar-refractivity contribution is -0.161. The molecule has 5 amide bonds. The second-order valence-electron chi connectivity index (χ2n) is 11.0. The number of thioether (sulfide) groups is 1. The van der Waals surface area contributed by atoms with Gasteiger partial charge in [-0.2, -0.15) is 9.36 Å². The second kappa shape index (κ2) is 12.6. The Kier molecular flexibility index (Phi) is 8.94. The highest BCUT2D eigenvalue weighted by Crippen LogP contribution is 2.49. The molecule has 1 aromatic carbocycles. The maximum Gasteiger partial charge on any atom is 0.350 e. The van der Waals surface area contributed by atoms with Crippen molar-refractivity contribution in [1.29, 1.82) is 0 Å². The Hall–Kier alpha value is -5.42. The molecule has 1 aromatic heterocycles. The number of nitrogen functional groups attached to an aromatic ring is 1. The number of phenols is 2. The number of fused-ring (bicyclic) bond motifs is 1. The molecule has 8 N–H and O–H groups in total. The summed E-state index contributed by atoms with van der Waals surface area (Å²) in [4.78, 5) is 98.0. The number of urea groups is 1. The van der Waals surface area contributed by atoms with E-state index < -0.39 is 97.7 Å². The minimum absolute atomic E-state index is 0.0650. The number of carboxylic acid groups (broad SMARTS) is 2. The fraction of sp³-hybridized carbons (Fsp3) is 0.360. The van der Waals surface area contributed by atoms with E-state index in [1.54, 1.807) is 0 Å². The van der Waals surface area contributed by atoms with Crippen molar-refractivity contribution in [2.75, 3.05) is 25.4 Å². The van der Waals surface area contributed by atoms with E-state index in [4.69, 9.17) is 22.2 Å². The predicted octanol–water partition coefficient (Wildman–Crippen LogP) is -1.40. The Bertz CT molecular complexity index is 1850. The molecule has 260 valence electrons. The summed E-state index contributed by atoms with van der Waals surface area (Å²) < 4.78 is 3.87. The van der Waals surface area contributed by atoms with Gasteiger partial charge in [-0.3, -0.25) is 29.5 Å². The Balaban J connectivity index is 1.30. The highest BCUT2D eigenvalue weighted by atomic mass is 35.5. The van der Waals surface area contributed by atoms with Gasteiger partial charge < -0.3 is 41.2 Å². The van der Waals surface area contributed by atoms with Crippen LogP contribution in [0.25, 0.3) is 0 Å². The van der Waals surface area contributed by atoms with Gasteiger partial charge in [0.05, 0.1) is 23.7 Å². The molecular formula is C25H24ClN9O12S2. The molecule has 0 bridgehead atoms. The largest absolute Gasteiger partial charge is 0.504 e. The van der Waals surface area contributed by atoms with Gasteiger partial charge in [0.1, 0.15) is 11.4 Å². The first-order valence-corrected chi connectivity index (χ1v) is 15.7. The molecule has 5 rings (SSSR count). The molecule has 21 nitrogen and oxygen atoms in total. The summed E-state index contributed by atoms with van der Waals surface area (Å²) in [5.41, 5.74) is 4.68. The van der Waals surface area contributed by atoms with Gasteiger partial charge >= 0.3 is 23.9 Å². The van der Waals surface area contributed by atoms with E-state index in [1.807, 2.05) is 0 Å². The van der Waals surface area contributed by atoms with Gasteiger partial charge in [0.2, 0.25) is 27.9 Å². The quantitative estimate of drug-likeness (QED) is 0.0348. The number of nitrogens with zero attached hydrogens (tertiary/aromatic N) is 6. The maximum atomic E-state index is 13.4. The molecule has 3 saturated heterocycles. The van der Waals surface area contributed by atoms with Crippen LogP contribution in [0.1, 0.15) is 30.0 Å². The van der Waals surface area contributed by atoms with Crippen LogP contribution in [0.3, 0.4) is 0 Å². The predicted molar refractivity (Wildman–Crippen MR) is 165 cm³/mol. The summed E-state index contributed by atoms with van der Waals surface area (Å²) in [5, 5.41) is 43.9. The number of nitrogens with two attached hydrogens (primary N) is 1. The number of hydrogen-bond donors (Lipinski definition) is 7. The lowest BCUT2D eigenvalue weighted by Gasteiger charge is -2.41. The van der Waals surface area contributed by atoms with Gasteiger partial charge in [0, 0.05) is 18.1 Å². The average molecular weight is 742 g/mol. The van der Waals surface area contributed by atoms with Crippen LogP contribution in [-0.4, -0.2) is 133 Å². The molecule has 24 heteroatoms. The molecule has 4 heterocycles. The number of Topliss-reactive ketones (excluding diaryl/α,β-unsaturated/α-hetero) is 1. The third-order valence-electron chi connectivity index (χ3n) is 7.44. The minimum Gasteiger partial charge on any atom is -0.504 e. The minimum atomic E-state index is -2.09. The van der Waals surface area contributed by atoms with Crippen LogP contribution in [0, 0.1) is 0 Å². The number of halogens is 1. The van der Waals surface area contributed by atoms with E-state index in [0.717, 1.165) is 35.8 Å². The fourth-order valence-electron chi connectivity index (χ4n) is 4.73. The van der Waals surface area contributed by atoms with E-state index >= 15 is 0 Å². The molecule has 2 aromatic rings. The molecule has 3 aliphatic heterocycles. The van der Waals surface area contributed by atoms with Crippen molar-refractivity contribution >= 4 is 87.2 Å². The zero-order valence-corrected chi connectivity index (χ0v) is 27.3. The van der Waals surface area contributed by atoms with Crippen LogP contribution >= 0.6 is 34.9 Å². The second-order valence-corrected chi connectivity index (χ2v) is 13.5. The maximum absolute atomic E-state index is 13.4. The number of rotatable bonds is 11. The molecule has 3 fully saturated rings. The molecule has 3 atom stereocenters. The molecule has 3 aliphatic rings. The molecule has 0 radical (unpaired) electrons. The Labute approximate surface area is 286 Å². The fourth-order valence-corrected chi connectivity index (χ4v) is 7.05. The third kappa shape index (κ3) is 6.06. The highest BCUT2D eigenvalue weighted by molar-refractivity contribution is 8.02. The first kappa shape index (κ1) is 34.9. The number of anilines is 1. The number of carboxylic acids is 2. The normalized spacial score (nSPS) is 22.0. The third-order valence-corrected chi connectivity index (χ3v) is 10.0.